The van der Waals surface area contributed by atoms with E-state index in [2.05, 4.69) is 187 Å². The zero-order valence-corrected chi connectivity index (χ0v) is 38.4. The van der Waals surface area contributed by atoms with Gasteiger partial charge in [0, 0.05) is 59.5 Å². The summed E-state index contributed by atoms with van der Waals surface area (Å²) in [7, 11) is 0. The topological polar surface area (TPSA) is 31.2 Å². The van der Waals surface area contributed by atoms with Crippen LogP contribution < -0.4 is 0 Å². The fourth-order valence-electron chi connectivity index (χ4n) is 12.5. The van der Waals surface area contributed by atoms with Crippen LogP contribution in [0.2, 0.25) is 5.02 Å². The van der Waals surface area contributed by atoms with Crippen LogP contribution in [0.3, 0.4) is 0 Å². The van der Waals surface area contributed by atoms with Crippen LogP contribution in [0.25, 0.3) is 143 Å². The normalized spacial score (nSPS) is 13.2. The molecule has 0 N–H and O–H groups in total. The maximum Gasteiger partial charge on any atom is 0.143 e. The lowest BCUT2D eigenvalue weighted by Gasteiger charge is -2.18. The molecule has 0 fully saturated rings. The standard InChI is InChI=1S/C66H38ClNO2/c67-41-14-7-12-39(32-41)43-21-9-25-54-49-31-29-38(35-60(49)70-66(43)54)37-28-30-47-50-23-11-26-55-61(50)57(56(47)34-37)36-58-62(55)63-51-19-3-1-16-45(51)46-17-2-4-20-52(46)64(63)68(58)42-15-8-13-40(33-42)44-22-10-24-53-48-18-5-6-27-59(48)69-65(44)53/h1-10,12-25,27-36H,11,26H2. The third-order valence-corrected chi connectivity index (χ3v) is 15.7. The van der Waals surface area contributed by atoms with Gasteiger partial charge in [-0.3, -0.25) is 0 Å². The largest absolute Gasteiger partial charge is 0.455 e. The number of halogens is 1. The number of allylic oxidation sites excluding steroid dienone is 1. The minimum absolute atomic E-state index is 0.707. The van der Waals surface area contributed by atoms with Crippen molar-refractivity contribution in [3.63, 3.8) is 0 Å². The average molecular weight is 912 g/mol. The Labute approximate surface area is 406 Å². The Bertz CT molecular complexity index is 4670. The highest BCUT2D eigenvalue weighted by atomic mass is 35.5. The monoisotopic (exact) mass is 911 g/mol. The number of furan rings is 2. The summed E-state index contributed by atoms with van der Waals surface area (Å²) < 4.78 is 16.0. The molecule has 0 spiro atoms. The molecule has 326 valence electrons. The van der Waals surface area contributed by atoms with Crippen molar-refractivity contribution in [3.8, 4) is 50.2 Å². The molecule has 16 rings (SSSR count). The average Bonchev–Trinajstić information content (AvgIpc) is 4.18. The van der Waals surface area contributed by atoms with Gasteiger partial charge in [-0.2, -0.15) is 0 Å². The van der Waals surface area contributed by atoms with Gasteiger partial charge in [0.05, 0.1) is 11.0 Å². The maximum absolute atomic E-state index is 6.75. The molecule has 14 aromatic rings. The van der Waals surface area contributed by atoms with Gasteiger partial charge in [0.2, 0.25) is 0 Å². The number of hydrogen-bond acceptors (Lipinski definition) is 2. The number of aromatic nitrogens is 1. The van der Waals surface area contributed by atoms with Gasteiger partial charge in [0.25, 0.3) is 0 Å². The Kier molecular flexibility index (Phi) is 7.79. The molecule has 2 aliphatic rings. The van der Waals surface area contributed by atoms with Crippen LogP contribution >= 0.6 is 11.6 Å². The van der Waals surface area contributed by atoms with Gasteiger partial charge in [0.15, 0.2) is 0 Å². The van der Waals surface area contributed by atoms with E-state index in [9.17, 15) is 0 Å². The first-order valence-corrected chi connectivity index (χ1v) is 24.5. The molecule has 3 aromatic heterocycles. The van der Waals surface area contributed by atoms with Crippen LogP contribution in [0.4, 0.5) is 0 Å². The summed E-state index contributed by atoms with van der Waals surface area (Å²) in [6, 6.07) is 72.6. The summed E-state index contributed by atoms with van der Waals surface area (Å²) in [6.45, 7) is 0. The van der Waals surface area contributed by atoms with Gasteiger partial charge in [-0.25, -0.2) is 0 Å². The van der Waals surface area contributed by atoms with E-state index in [0.717, 1.165) is 95.8 Å². The Morgan fingerprint density at radius 3 is 1.83 bits per heavy atom. The first kappa shape index (κ1) is 38.3. The van der Waals surface area contributed by atoms with E-state index in [1.165, 1.54) is 76.7 Å². The van der Waals surface area contributed by atoms with E-state index in [4.69, 9.17) is 20.4 Å². The van der Waals surface area contributed by atoms with Gasteiger partial charge in [-0.1, -0.05) is 163 Å². The molecular weight excluding hydrogens is 874 g/mol. The highest BCUT2D eigenvalue weighted by molar-refractivity contribution is 6.34. The maximum atomic E-state index is 6.75. The summed E-state index contributed by atoms with van der Waals surface area (Å²) in [5, 5.41) is 12.9. The number of benzene rings is 11. The summed E-state index contributed by atoms with van der Waals surface area (Å²) in [6.07, 6.45) is 4.44. The van der Waals surface area contributed by atoms with Crippen molar-refractivity contribution in [2.45, 2.75) is 12.8 Å². The van der Waals surface area contributed by atoms with E-state index in [1.54, 1.807) is 0 Å². The zero-order chi connectivity index (χ0) is 45.8. The van der Waals surface area contributed by atoms with E-state index in [0.29, 0.717) is 5.02 Å². The van der Waals surface area contributed by atoms with E-state index >= 15 is 0 Å². The Morgan fingerprint density at radius 1 is 0.400 bits per heavy atom. The molecule has 0 amide bonds. The molecule has 70 heavy (non-hydrogen) atoms. The number of hydrogen-bond donors (Lipinski definition) is 0. The minimum atomic E-state index is 0.707. The van der Waals surface area contributed by atoms with Crippen LogP contribution in [0, 0.1) is 0 Å². The molecule has 0 bridgehead atoms. The number of nitrogens with zero attached hydrogens (tertiary/aromatic N) is 1. The number of para-hydroxylation sites is 3. The molecule has 3 heterocycles. The quantitative estimate of drug-likeness (QED) is 0.165. The van der Waals surface area contributed by atoms with E-state index < -0.39 is 0 Å². The zero-order valence-electron chi connectivity index (χ0n) is 37.7. The fraction of sp³-hybridized carbons (Fsp3) is 0.0303. The summed E-state index contributed by atoms with van der Waals surface area (Å²) in [5.41, 5.74) is 21.7. The number of rotatable bonds is 4. The fourth-order valence-corrected chi connectivity index (χ4v) is 12.7. The molecule has 0 saturated heterocycles. The third kappa shape index (κ3) is 5.25. The van der Waals surface area contributed by atoms with Crippen LogP contribution in [0.15, 0.2) is 215 Å². The van der Waals surface area contributed by atoms with Gasteiger partial charge < -0.3 is 13.4 Å². The van der Waals surface area contributed by atoms with Crippen molar-refractivity contribution in [1.29, 1.82) is 0 Å². The van der Waals surface area contributed by atoms with Crippen molar-refractivity contribution in [2.75, 3.05) is 0 Å². The Balaban J connectivity index is 0.939. The Hall–Kier alpha value is -8.63. The van der Waals surface area contributed by atoms with Crippen LogP contribution in [0.5, 0.6) is 0 Å². The Morgan fingerprint density at radius 2 is 1.03 bits per heavy atom. The van der Waals surface area contributed by atoms with Crippen molar-refractivity contribution in [2.24, 2.45) is 0 Å². The van der Waals surface area contributed by atoms with E-state index in [-0.39, 0.29) is 0 Å². The van der Waals surface area contributed by atoms with Crippen molar-refractivity contribution >= 4 is 104 Å². The molecule has 0 radical (unpaired) electrons. The molecule has 0 atom stereocenters. The summed E-state index contributed by atoms with van der Waals surface area (Å²) >= 11 is 6.46. The van der Waals surface area contributed by atoms with Gasteiger partial charge in [0.1, 0.15) is 22.3 Å². The second-order valence-corrected chi connectivity index (χ2v) is 19.5. The van der Waals surface area contributed by atoms with Crippen molar-refractivity contribution in [1.82, 2.24) is 4.57 Å². The minimum Gasteiger partial charge on any atom is -0.455 e. The van der Waals surface area contributed by atoms with Gasteiger partial charge in [-0.15, -0.1) is 0 Å². The van der Waals surface area contributed by atoms with Crippen LogP contribution in [0.1, 0.15) is 23.1 Å². The molecule has 0 aliphatic heterocycles. The van der Waals surface area contributed by atoms with Crippen LogP contribution in [-0.2, 0) is 6.42 Å². The number of aryl methyl sites for hydroxylation is 1. The smallest absolute Gasteiger partial charge is 0.143 e. The van der Waals surface area contributed by atoms with Gasteiger partial charge in [-0.05, 0) is 139 Å². The van der Waals surface area contributed by atoms with Crippen molar-refractivity contribution < 1.29 is 8.83 Å². The predicted molar refractivity (Wildman–Crippen MR) is 293 cm³/mol. The summed E-state index contributed by atoms with van der Waals surface area (Å²) in [4.78, 5) is 0. The highest BCUT2D eigenvalue weighted by Gasteiger charge is 2.33. The SMILES string of the molecule is Clc1cccc(-c2cccc3c2oc2cc(-c4ccc5c(c4)-c4cc6c(c7c4C5=CCC7)c4c5ccccc5c5ccccc5c4n6-c4cccc(-c5cccc6c5oc5ccccc56)c4)ccc23)c1. The first-order valence-electron chi connectivity index (χ1n) is 24.1. The number of fused-ring (bicyclic) bond motifs is 18. The molecule has 0 unspecified atom stereocenters. The third-order valence-electron chi connectivity index (χ3n) is 15.4. The molecule has 4 heteroatoms. The second-order valence-electron chi connectivity index (χ2n) is 19.1. The molecule has 3 nitrogen and oxygen atoms in total. The van der Waals surface area contributed by atoms with Gasteiger partial charge >= 0.3 is 0 Å². The van der Waals surface area contributed by atoms with Crippen molar-refractivity contribution in [3.05, 3.63) is 228 Å². The first-order chi connectivity index (χ1) is 34.6. The second kappa shape index (κ2) is 14.2. The molecular formula is C66H38ClNO2. The highest BCUT2D eigenvalue weighted by Crippen LogP contribution is 2.55. The predicted octanol–water partition coefficient (Wildman–Crippen LogP) is 18.9. The summed E-state index contributed by atoms with van der Waals surface area (Å²) in [5.74, 6) is 0. The lowest BCUT2D eigenvalue weighted by atomic mass is 9.86. The molecule has 0 saturated carbocycles. The molecule has 2 aliphatic carbocycles. The lowest BCUT2D eigenvalue weighted by molar-refractivity contribution is 0.669. The van der Waals surface area contributed by atoms with E-state index in [1.807, 2.05) is 24.3 Å². The van der Waals surface area contributed by atoms with Crippen LogP contribution in [-0.4, -0.2) is 4.57 Å². The lowest BCUT2D eigenvalue weighted by Crippen LogP contribution is -2.00. The molecule has 11 aromatic carbocycles.